The number of benzene rings is 2. The second-order valence-electron chi connectivity index (χ2n) is 6.83. The van der Waals surface area contributed by atoms with Gasteiger partial charge >= 0.3 is 5.97 Å². The highest BCUT2D eigenvalue weighted by Gasteiger charge is 2.12. The summed E-state index contributed by atoms with van der Waals surface area (Å²) in [7, 11) is 0. The standard InChI is InChI=1S/C23H28O4/c1-6-18-13-19(27-14-23(25)26-7-2)10-16(5)21(18)12-17-8-9-22(24)20(11-17)15(3)4/h6,8-11,13,15,24H,1,7,12,14H2,2-5H3. The zero-order chi connectivity index (χ0) is 20.0. The minimum absolute atomic E-state index is 0.112. The predicted molar refractivity (Wildman–Crippen MR) is 108 cm³/mol. The van der Waals surface area contributed by atoms with Gasteiger partial charge in [-0.15, -0.1) is 0 Å². The fourth-order valence-electron chi connectivity index (χ4n) is 3.04. The lowest BCUT2D eigenvalue weighted by molar-refractivity contribution is -0.145. The van der Waals surface area contributed by atoms with Crippen molar-refractivity contribution in [1.29, 1.82) is 0 Å². The molecule has 0 spiro atoms. The second-order valence-corrected chi connectivity index (χ2v) is 6.83. The fraction of sp³-hybridized carbons (Fsp3) is 0.348. The number of hydrogen-bond acceptors (Lipinski definition) is 4. The van der Waals surface area contributed by atoms with Crippen LogP contribution in [0.2, 0.25) is 0 Å². The van der Waals surface area contributed by atoms with Crippen molar-refractivity contribution in [3.63, 3.8) is 0 Å². The molecule has 0 fully saturated rings. The molecule has 0 unspecified atom stereocenters. The van der Waals surface area contributed by atoms with Gasteiger partial charge in [0, 0.05) is 0 Å². The number of aromatic hydroxyl groups is 1. The molecule has 0 atom stereocenters. The molecule has 1 N–H and O–H groups in total. The van der Waals surface area contributed by atoms with Gasteiger partial charge in [-0.2, -0.15) is 0 Å². The molecular weight excluding hydrogens is 340 g/mol. The van der Waals surface area contributed by atoms with E-state index in [1.165, 1.54) is 0 Å². The summed E-state index contributed by atoms with van der Waals surface area (Å²) in [5, 5.41) is 10.0. The predicted octanol–water partition coefficient (Wildman–Crippen LogP) is 5.00. The van der Waals surface area contributed by atoms with Crippen LogP contribution in [0.25, 0.3) is 6.08 Å². The van der Waals surface area contributed by atoms with Gasteiger partial charge in [0.05, 0.1) is 6.61 Å². The molecule has 4 heteroatoms. The highest BCUT2D eigenvalue weighted by Crippen LogP contribution is 2.30. The summed E-state index contributed by atoms with van der Waals surface area (Å²) >= 11 is 0. The van der Waals surface area contributed by atoms with Crippen LogP contribution in [-0.4, -0.2) is 24.3 Å². The zero-order valence-electron chi connectivity index (χ0n) is 16.5. The monoisotopic (exact) mass is 368 g/mol. The molecule has 4 nitrogen and oxygen atoms in total. The van der Waals surface area contributed by atoms with E-state index in [0.29, 0.717) is 18.1 Å². The topological polar surface area (TPSA) is 55.8 Å². The average molecular weight is 368 g/mol. The van der Waals surface area contributed by atoms with Crippen LogP contribution in [-0.2, 0) is 16.0 Å². The number of ether oxygens (including phenoxy) is 2. The highest BCUT2D eigenvalue weighted by molar-refractivity contribution is 5.71. The first-order chi connectivity index (χ1) is 12.8. The third-order valence-corrected chi connectivity index (χ3v) is 4.46. The summed E-state index contributed by atoms with van der Waals surface area (Å²) in [5.41, 5.74) is 5.25. The zero-order valence-corrected chi connectivity index (χ0v) is 16.5. The maximum Gasteiger partial charge on any atom is 0.344 e. The number of carbonyl (C=O) groups excluding carboxylic acids is 1. The van der Waals surface area contributed by atoms with Crippen molar-refractivity contribution in [3.8, 4) is 11.5 Å². The van der Waals surface area contributed by atoms with E-state index in [1.807, 2.05) is 25.1 Å². The Labute approximate surface area is 161 Å². The lowest BCUT2D eigenvalue weighted by Crippen LogP contribution is -2.14. The summed E-state index contributed by atoms with van der Waals surface area (Å²) in [6.45, 7) is 12.0. The molecule has 2 aromatic rings. The maximum absolute atomic E-state index is 11.5. The Morgan fingerprint density at radius 2 is 2.00 bits per heavy atom. The van der Waals surface area contributed by atoms with Crippen LogP contribution in [0.3, 0.4) is 0 Å². The molecular formula is C23H28O4. The first kappa shape index (κ1) is 20.6. The van der Waals surface area contributed by atoms with E-state index < -0.39 is 0 Å². The maximum atomic E-state index is 11.5. The quantitative estimate of drug-likeness (QED) is 0.666. The van der Waals surface area contributed by atoms with Gasteiger partial charge in [0.1, 0.15) is 11.5 Å². The van der Waals surface area contributed by atoms with Crippen molar-refractivity contribution in [2.75, 3.05) is 13.2 Å². The van der Waals surface area contributed by atoms with Crippen molar-refractivity contribution in [2.45, 2.75) is 40.0 Å². The van der Waals surface area contributed by atoms with Gasteiger partial charge in [-0.1, -0.05) is 38.6 Å². The molecule has 0 aromatic heterocycles. The Morgan fingerprint density at radius 1 is 1.26 bits per heavy atom. The largest absolute Gasteiger partial charge is 0.508 e. The van der Waals surface area contributed by atoms with Gasteiger partial charge in [-0.05, 0) is 72.2 Å². The minimum Gasteiger partial charge on any atom is -0.508 e. The number of phenolic OH excluding ortho intramolecular Hbond substituents is 1. The van der Waals surface area contributed by atoms with E-state index in [4.69, 9.17) is 9.47 Å². The normalized spacial score (nSPS) is 10.7. The van der Waals surface area contributed by atoms with Crippen molar-refractivity contribution in [1.82, 2.24) is 0 Å². The van der Waals surface area contributed by atoms with Gasteiger partial charge in [-0.3, -0.25) is 0 Å². The van der Waals surface area contributed by atoms with E-state index in [9.17, 15) is 9.90 Å². The summed E-state index contributed by atoms with van der Waals surface area (Å²) in [5.74, 6) is 0.818. The fourth-order valence-corrected chi connectivity index (χ4v) is 3.04. The van der Waals surface area contributed by atoms with E-state index in [0.717, 1.165) is 34.2 Å². The molecule has 2 rings (SSSR count). The third kappa shape index (κ3) is 5.36. The van der Waals surface area contributed by atoms with Gasteiger partial charge < -0.3 is 14.6 Å². The van der Waals surface area contributed by atoms with Crippen LogP contribution in [0.1, 0.15) is 54.5 Å². The van der Waals surface area contributed by atoms with Crippen LogP contribution >= 0.6 is 0 Å². The van der Waals surface area contributed by atoms with Gasteiger partial charge in [0.15, 0.2) is 6.61 Å². The Balaban J connectivity index is 2.26. The van der Waals surface area contributed by atoms with E-state index in [1.54, 1.807) is 19.1 Å². The third-order valence-electron chi connectivity index (χ3n) is 4.46. The van der Waals surface area contributed by atoms with Gasteiger partial charge in [-0.25, -0.2) is 4.79 Å². The Bertz CT molecular complexity index is 821. The summed E-state index contributed by atoms with van der Waals surface area (Å²) < 4.78 is 10.4. The van der Waals surface area contributed by atoms with Gasteiger partial charge in [0.25, 0.3) is 0 Å². The lowest BCUT2D eigenvalue weighted by atomic mass is 9.92. The van der Waals surface area contributed by atoms with Crippen LogP contribution in [0, 0.1) is 6.92 Å². The van der Waals surface area contributed by atoms with E-state index >= 15 is 0 Å². The smallest absolute Gasteiger partial charge is 0.344 e. The molecule has 0 bridgehead atoms. The first-order valence-electron chi connectivity index (χ1n) is 9.21. The molecule has 0 aliphatic rings. The van der Waals surface area contributed by atoms with Gasteiger partial charge in [0.2, 0.25) is 0 Å². The Kier molecular flexibility index (Phi) is 7.05. The molecule has 27 heavy (non-hydrogen) atoms. The summed E-state index contributed by atoms with van der Waals surface area (Å²) in [6, 6.07) is 9.56. The molecule has 0 radical (unpaired) electrons. The molecule has 144 valence electrons. The van der Waals surface area contributed by atoms with Crippen LogP contribution in [0.5, 0.6) is 11.5 Å². The van der Waals surface area contributed by atoms with Crippen molar-refractivity contribution < 1.29 is 19.4 Å². The minimum atomic E-state index is -0.385. The van der Waals surface area contributed by atoms with Crippen molar-refractivity contribution in [2.24, 2.45) is 0 Å². The molecule has 0 saturated heterocycles. The number of rotatable bonds is 8. The van der Waals surface area contributed by atoms with E-state index in [-0.39, 0.29) is 18.5 Å². The Morgan fingerprint density at radius 3 is 2.63 bits per heavy atom. The summed E-state index contributed by atoms with van der Waals surface area (Å²) in [4.78, 5) is 11.5. The van der Waals surface area contributed by atoms with Crippen LogP contribution < -0.4 is 4.74 Å². The molecule has 0 heterocycles. The second kappa shape index (κ2) is 9.26. The highest BCUT2D eigenvalue weighted by atomic mass is 16.6. The Hall–Kier alpha value is -2.75. The number of phenols is 1. The van der Waals surface area contributed by atoms with E-state index in [2.05, 4.69) is 26.5 Å². The molecule has 0 aliphatic carbocycles. The number of hydrogen-bond donors (Lipinski definition) is 1. The molecule has 0 aliphatic heterocycles. The molecule has 2 aromatic carbocycles. The number of aryl methyl sites for hydroxylation is 1. The van der Waals surface area contributed by atoms with Crippen LogP contribution in [0.15, 0.2) is 36.9 Å². The van der Waals surface area contributed by atoms with Crippen LogP contribution in [0.4, 0.5) is 0 Å². The first-order valence-corrected chi connectivity index (χ1v) is 9.21. The molecule has 0 amide bonds. The molecule has 0 saturated carbocycles. The number of carbonyl (C=O) groups is 1. The number of esters is 1. The van der Waals surface area contributed by atoms with Crippen molar-refractivity contribution in [3.05, 3.63) is 64.7 Å². The van der Waals surface area contributed by atoms with Crippen molar-refractivity contribution >= 4 is 12.0 Å². The lowest BCUT2D eigenvalue weighted by Gasteiger charge is -2.15. The SMILES string of the molecule is C=Cc1cc(OCC(=O)OCC)cc(C)c1Cc1ccc(O)c(C(C)C)c1. The summed E-state index contributed by atoms with van der Waals surface area (Å²) in [6.07, 6.45) is 2.52. The average Bonchev–Trinajstić information content (AvgIpc) is 2.63.